The molecule has 3 aromatic rings. The van der Waals surface area contributed by atoms with Gasteiger partial charge in [0.15, 0.2) is 11.6 Å². The Balaban J connectivity index is 0.00000380. The van der Waals surface area contributed by atoms with Gasteiger partial charge in [0.05, 0.1) is 22.7 Å². The second kappa shape index (κ2) is 12.4. The second-order valence-electron chi connectivity index (χ2n) is 8.67. The van der Waals surface area contributed by atoms with Crippen LogP contribution in [0.25, 0.3) is 11.3 Å². The van der Waals surface area contributed by atoms with Crippen LogP contribution in [0.5, 0.6) is 11.6 Å². The Morgan fingerprint density at radius 3 is 2.46 bits per heavy atom. The van der Waals surface area contributed by atoms with Crippen LogP contribution in [0.4, 0.5) is 20.4 Å². The third-order valence-corrected chi connectivity index (χ3v) is 7.24. The van der Waals surface area contributed by atoms with E-state index in [1.165, 1.54) is 6.20 Å². The quantitative estimate of drug-likeness (QED) is 0.341. The highest BCUT2D eigenvalue weighted by molar-refractivity contribution is 7.92. The van der Waals surface area contributed by atoms with Crippen molar-refractivity contribution in [3.05, 3.63) is 54.4 Å². The zero-order valence-corrected chi connectivity index (χ0v) is 21.8. The van der Waals surface area contributed by atoms with Gasteiger partial charge in [0.2, 0.25) is 27.6 Å². The van der Waals surface area contributed by atoms with Gasteiger partial charge in [-0.3, -0.25) is 4.72 Å². The Labute approximate surface area is 220 Å². The van der Waals surface area contributed by atoms with Crippen molar-refractivity contribution in [1.29, 1.82) is 0 Å². The van der Waals surface area contributed by atoms with Crippen molar-refractivity contribution in [2.24, 2.45) is 5.73 Å². The molecule has 9 nitrogen and oxygen atoms in total. The minimum atomic E-state index is -3.71. The van der Waals surface area contributed by atoms with Crippen LogP contribution in [-0.4, -0.2) is 41.2 Å². The number of ether oxygens (including phenoxy) is 1. The average molecular weight is 555 g/mol. The fourth-order valence-electron chi connectivity index (χ4n) is 4.00. The molecule has 0 bridgehead atoms. The van der Waals surface area contributed by atoms with Crippen LogP contribution in [0.1, 0.15) is 39.0 Å². The monoisotopic (exact) mass is 554 g/mol. The largest absolute Gasteiger partial charge is 0.432 e. The summed E-state index contributed by atoms with van der Waals surface area (Å²) in [6.07, 6.45) is 7.04. The topological polar surface area (TPSA) is 132 Å². The van der Waals surface area contributed by atoms with E-state index in [4.69, 9.17) is 10.5 Å². The van der Waals surface area contributed by atoms with Crippen molar-refractivity contribution in [3.8, 4) is 22.9 Å². The standard InChI is InChI=1S/C24H28F2N6O3S.ClH/c1-2-12-36(33,34)32-17-13-19(25)22(20(26)14-17)35-23-18(4-3-10-28-23)21-9-11-29-24(31-21)30-16-7-5-15(27)6-8-16;/h3-4,9-11,13-16,32H,2,5-8,12,27H2,1H3,(H,29,30,31);1H/t15-,16-;. The van der Waals surface area contributed by atoms with Crippen LogP contribution in [-0.2, 0) is 10.0 Å². The summed E-state index contributed by atoms with van der Waals surface area (Å²) < 4.78 is 61.1. The number of hydrogen-bond acceptors (Lipinski definition) is 8. The van der Waals surface area contributed by atoms with E-state index in [1.807, 2.05) is 0 Å². The van der Waals surface area contributed by atoms with Gasteiger partial charge < -0.3 is 15.8 Å². The van der Waals surface area contributed by atoms with Crippen LogP contribution in [0.3, 0.4) is 0 Å². The van der Waals surface area contributed by atoms with Gasteiger partial charge in [-0.15, -0.1) is 12.4 Å². The van der Waals surface area contributed by atoms with E-state index in [9.17, 15) is 17.2 Å². The molecule has 200 valence electrons. The van der Waals surface area contributed by atoms with Gasteiger partial charge in [0, 0.05) is 36.6 Å². The molecule has 0 spiro atoms. The first-order valence-corrected chi connectivity index (χ1v) is 13.4. The highest BCUT2D eigenvalue weighted by atomic mass is 35.5. The van der Waals surface area contributed by atoms with Gasteiger partial charge >= 0.3 is 0 Å². The number of pyridine rings is 1. The molecule has 1 aromatic carbocycles. The van der Waals surface area contributed by atoms with Crippen LogP contribution < -0.4 is 20.5 Å². The molecular weight excluding hydrogens is 526 g/mol. The predicted octanol–water partition coefficient (Wildman–Crippen LogP) is 4.86. The average Bonchev–Trinajstić information content (AvgIpc) is 2.83. The van der Waals surface area contributed by atoms with Crippen molar-refractivity contribution in [1.82, 2.24) is 15.0 Å². The molecule has 4 N–H and O–H groups in total. The van der Waals surface area contributed by atoms with Gasteiger partial charge in [-0.1, -0.05) is 6.92 Å². The first-order chi connectivity index (χ1) is 17.2. The fraction of sp³-hybridized carbons (Fsp3) is 0.375. The molecule has 0 radical (unpaired) electrons. The minimum absolute atomic E-state index is 0. The van der Waals surface area contributed by atoms with Gasteiger partial charge in [-0.25, -0.2) is 32.2 Å². The first-order valence-electron chi connectivity index (χ1n) is 11.7. The van der Waals surface area contributed by atoms with Crippen molar-refractivity contribution in [2.75, 3.05) is 15.8 Å². The lowest BCUT2D eigenvalue weighted by Crippen LogP contribution is -2.33. The van der Waals surface area contributed by atoms with Crippen molar-refractivity contribution < 1.29 is 21.9 Å². The second-order valence-corrected chi connectivity index (χ2v) is 10.5. The van der Waals surface area contributed by atoms with E-state index in [-0.39, 0.29) is 41.8 Å². The summed E-state index contributed by atoms with van der Waals surface area (Å²) >= 11 is 0. The molecule has 2 aromatic heterocycles. The highest BCUT2D eigenvalue weighted by Crippen LogP contribution is 2.34. The Morgan fingerprint density at radius 2 is 1.78 bits per heavy atom. The normalized spacial score (nSPS) is 17.5. The third kappa shape index (κ3) is 7.46. The molecule has 13 heteroatoms. The molecule has 1 aliphatic carbocycles. The van der Waals surface area contributed by atoms with Crippen LogP contribution in [0, 0.1) is 11.6 Å². The number of nitrogens with zero attached hydrogens (tertiary/aromatic N) is 3. The van der Waals surface area contributed by atoms with Crippen LogP contribution in [0.15, 0.2) is 42.7 Å². The van der Waals surface area contributed by atoms with Crippen LogP contribution in [0.2, 0.25) is 0 Å². The molecular formula is C24H29ClF2N6O3S. The Kier molecular flexibility index (Phi) is 9.57. The summed E-state index contributed by atoms with van der Waals surface area (Å²) in [5.41, 5.74) is 6.60. The molecule has 4 rings (SSSR count). The molecule has 0 unspecified atom stereocenters. The zero-order valence-electron chi connectivity index (χ0n) is 20.2. The molecule has 2 heterocycles. The summed E-state index contributed by atoms with van der Waals surface area (Å²) in [6, 6.07) is 7.10. The number of sulfonamides is 1. The van der Waals surface area contributed by atoms with Crippen molar-refractivity contribution >= 4 is 34.1 Å². The van der Waals surface area contributed by atoms with Crippen molar-refractivity contribution in [2.45, 2.75) is 51.1 Å². The van der Waals surface area contributed by atoms with E-state index in [0.29, 0.717) is 23.6 Å². The minimum Gasteiger partial charge on any atom is -0.432 e. The lowest BCUT2D eigenvalue weighted by Gasteiger charge is -2.26. The molecule has 1 aliphatic rings. The summed E-state index contributed by atoms with van der Waals surface area (Å²) in [4.78, 5) is 12.9. The first kappa shape index (κ1) is 28.5. The molecule has 1 saturated carbocycles. The van der Waals surface area contributed by atoms with E-state index in [1.54, 1.807) is 31.3 Å². The van der Waals surface area contributed by atoms with E-state index >= 15 is 0 Å². The molecule has 1 fully saturated rings. The maximum Gasteiger partial charge on any atom is 0.232 e. The van der Waals surface area contributed by atoms with E-state index in [2.05, 4.69) is 25.0 Å². The van der Waals surface area contributed by atoms with Gasteiger partial charge in [-0.2, -0.15) is 0 Å². The summed E-state index contributed by atoms with van der Waals surface area (Å²) in [5.74, 6) is -2.69. The maximum absolute atomic E-state index is 14.8. The lowest BCUT2D eigenvalue weighted by molar-refractivity contribution is 0.397. The number of rotatable bonds is 9. The molecule has 37 heavy (non-hydrogen) atoms. The molecule has 0 amide bonds. The van der Waals surface area contributed by atoms with Gasteiger partial charge in [-0.05, 0) is 50.3 Å². The third-order valence-electron chi connectivity index (χ3n) is 5.75. The number of nitrogens with two attached hydrogens (primary N) is 1. The van der Waals surface area contributed by atoms with Crippen molar-refractivity contribution in [3.63, 3.8) is 0 Å². The Hall–Kier alpha value is -3.09. The number of anilines is 2. The highest BCUT2D eigenvalue weighted by Gasteiger charge is 2.21. The summed E-state index contributed by atoms with van der Waals surface area (Å²) in [5, 5.41) is 3.32. The van der Waals surface area contributed by atoms with E-state index in [0.717, 1.165) is 37.8 Å². The smallest absolute Gasteiger partial charge is 0.232 e. The number of hydrogen-bond donors (Lipinski definition) is 3. The van der Waals surface area contributed by atoms with Gasteiger partial charge in [0.1, 0.15) is 0 Å². The Bertz CT molecular complexity index is 1300. The number of nitrogens with one attached hydrogen (secondary N) is 2. The van der Waals surface area contributed by atoms with Gasteiger partial charge in [0.25, 0.3) is 0 Å². The molecule has 0 atom stereocenters. The Morgan fingerprint density at radius 1 is 1.08 bits per heavy atom. The summed E-state index contributed by atoms with van der Waals surface area (Å²) in [7, 11) is -3.71. The summed E-state index contributed by atoms with van der Waals surface area (Å²) in [6.45, 7) is 1.68. The number of benzene rings is 1. The molecule has 0 saturated heterocycles. The fourth-order valence-corrected chi connectivity index (χ4v) is 5.12. The number of aromatic nitrogens is 3. The maximum atomic E-state index is 14.8. The SMILES string of the molecule is CCCS(=O)(=O)Nc1cc(F)c(Oc2ncccc2-c2ccnc(N[C@H]3CC[C@H](N)CC3)n2)c(F)c1.Cl. The number of halogens is 3. The zero-order chi connectivity index (χ0) is 25.7. The van der Waals surface area contributed by atoms with Crippen LogP contribution >= 0.6 is 12.4 Å². The molecule has 0 aliphatic heterocycles. The predicted molar refractivity (Wildman–Crippen MR) is 140 cm³/mol. The van der Waals surface area contributed by atoms with E-state index < -0.39 is 27.4 Å². The lowest BCUT2D eigenvalue weighted by atomic mass is 9.92.